The normalized spacial score (nSPS) is 22.5. The smallest absolute Gasteiger partial charge is 0.195 e. The molecule has 0 N–H and O–H groups in total. The first-order valence-corrected chi connectivity index (χ1v) is 13.7. The number of morpholine rings is 1. The number of fused-ring (bicyclic) bond motifs is 3. The van der Waals surface area contributed by atoms with Gasteiger partial charge in [0.25, 0.3) is 0 Å². The summed E-state index contributed by atoms with van der Waals surface area (Å²) in [5.74, 6) is 1.62. The standard InChI is InChI=1S/C31H36N4O2/c1-20(2)31(35-11-13-37-14-12-35)7-9-34(10-8-31)27-17-25-24(19-33-27)29(36)28-23-6-5-21(18-32)15-22(23)16-26(28)30(25,3)4/h5-6,15,17,19-20H,7-14,16H2,1-4H3. The number of carbonyl (C=O) groups excluding carboxylic acids is 1. The third-order valence-corrected chi connectivity index (χ3v) is 9.63. The molecule has 0 amide bonds. The molecule has 2 aliphatic carbocycles. The first kappa shape index (κ1) is 24.3. The summed E-state index contributed by atoms with van der Waals surface area (Å²) < 4.78 is 5.64. The molecule has 2 aromatic rings. The van der Waals surface area contributed by atoms with E-state index in [1.165, 1.54) is 0 Å². The van der Waals surface area contributed by atoms with Gasteiger partial charge in [-0.25, -0.2) is 4.98 Å². The molecule has 0 radical (unpaired) electrons. The number of ether oxygens (including phenoxy) is 1. The minimum atomic E-state index is -0.284. The van der Waals surface area contributed by atoms with Gasteiger partial charge in [-0.05, 0) is 65.6 Å². The van der Waals surface area contributed by atoms with Crippen LogP contribution in [-0.2, 0) is 16.6 Å². The number of piperidine rings is 1. The van der Waals surface area contributed by atoms with Crippen molar-refractivity contribution in [2.24, 2.45) is 5.92 Å². The number of pyridine rings is 1. The van der Waals surface area contributed by atoms with Crippen molar-refractivity contribution >= 4 is 17.2 Å². The van der Waals surface area contributed by atoms with E-state index in [1.54, 1.807) is 0 Å². The fourth-order valence-electron chi connectivity index (χ4n) is 7.29. The van der Waals surface area contributed by atoms with E-state index in [0.717, 1.165) is 92.3 Å². The number of carbonyl (C=O) groups is 1. The number of rotatable bonds is 3. The molecule has 1 aromatic carbocycles. The van der Waals surface area contributed by atoms with Crippen molar-refractivity contribution in [1.29, 1.82) is 5.26 Å². The quantitative estimate of drug-likeness (QED) is 0.610. The number of ketones is 1. The predicted molar refractivity (Wildman–Crippen MR) is 145 cm³/mol. The van der Waals surface area contributed by atoms with Crippen molar-refractivity contribution in [3.63, 3.8) is 0 Å². The summed E-state index contributed by atoms with van der Waals surface area (Å²) in [5, 5.41) is 9.36. The molecule has 4 aliphatic rings. The molecule has 3 heterocycles. The lowest BCUT2D eigenvalue weighted by atomic mass is 9.69. The molecular formula is C31H36N4O2. The number of benzene rings is 1. The topological polar surface area (TPSA) is 69.5 Å². The summed E-state index contributed by atoms with van der Waals surface area (Å²) in [6.07, 6.45) is 4.75. The summed E-state index contributed by atoms with van der Waals surface area (Å²) >= 11 is 0. The molecule has 6 rings (SSSR count). The summed E-state index contributed by atoms with van der Waals surface area (Å²) in [7, 11) is 0. The zero-order valence-electron chi connectivity index (χ0n) is 22.4. The Morgan fingerprint density at radius 3 is 2.46 bits per heavy atom. The Balaban J connectivity index is 1.29. The van der Waals surface area contributed by atoms with E-state index in [1.807, 2.05) is 24.4 Å². The summed E-state index contributed by atoms with van der Waals surface area (Å²) in [6, 6.07) is 10.1. The Labute approximate surface area is 219 Å². The number of aromatic nitrogens is 1. The van der Waals surface area contributed by atoms with Gasteiger partial charge in [-0.3, -0.25) is 9.69 Å². The highest BCUT2D eigenvalue weighted by Crippen LogP contribution is 2.50. The zero-order chi connectivity index (χ0) is 25.9. The fourth-order valence-corrected chi connectivity index (χ4v) is 7.29. The van der Waals surface area contributed by atoms with Crippen molar-refractivity contribution in [2.45, 2.75) is 57.9 Å². The number of nitrogens with zero attached hydrogens (tertiary/aromatic N) is 4. The molecule has 37 heavy (non-hydrogen) atoms. The monoisotopic (exact) mass is 496 g/mol. The minimum Gasteiger partial charge on any atom is -0.379 e. The fraction of sp³-hybridized carbons (Fsp3) is 0.516. The van der Waals surface area contributed by atoms with Gasteiger partial charge < -0.3 is 9.64 Å². The number of anilines is 1. The van der Waals surface area contributed by atoms with Crippen LogP contribution in [0, 0.1) is 17.2 Å². The van der Waals surface area contributed by atoms with E-state index in [-0.39, 0.29) is 16.7 Å². The van der Waals surface area contributed by atoms with Crippen molar-refractivity contribution in [3.8, 4) is 6.07 Å². The summed E-state index contributed by atoms with van der Waals surface area (Å²) in [6.45, 7) is 14.8. The molecule has 0 unspecified atom stereocenters. The molecule has 2 saturated heterocycles. The van der Waals surface area contributed by atoms with Crippen LogP contribution in [0.2, 0.25) is 0 Å². The molecule has 192 valence electrons. The van der Waals surface area contributed by atoms with E-state index in [2.05, 4.69) is 49.6 Å². The van der Waals surface area contributed by atoms with Gasteiger partial charge in [0, 0.05) is 54.5 Å². The lowest BCUT2D eigenvalue weighted by Gasteiger charge is -2.53. The van der Waals surface area contributed by atoms with Crippen LogP contribution in [0.3, 0.4) is 0 Å². The highest BCUT2D eigenvalue weighted by molar-refractivity contribution is 6.32. The van der Waals surface area contributed by atoms with Crippen LogP contribution in [-0.4, -0.2) is 60.6 Å². The molecule has 0 bridgehead atoms. The van der Waals surface area contributed by atoms with Gasteiger partial charge in [0.2, 0.25) is 0 Å². The molecule has 0 atom stereocenters. The number of allylic oxidation sites excluding steroid dienone is 2. The Bertz CT molecular complexity index is 1340. The van der Waals surface area contributed by atoms with Gasteiger partial charge in [-0.2, -0.15) is 5.26 Å². The Morgan fingerprint density at radius 1 is 1.05 bits per heavy atom. The van der Waals surface area contributed by atoms with Crippen LogP contribution >= 0.6 is 0 Å². The van der Waals surface area contributed by atoms with Crippen molar-refractivity contribution in [2.75, 3.05) is 44.3 Å². The highest BCUT2D eigenvalue weighted by Gasteiger charge is 2.45. The maximum atomic E-state index is 13.7. The van der Waals surface area contributed by atoms with E-state index in [4.69, 9.17) is 9.72 Å². The van der Waals surface area contributed by atoms with Gasteiger partial charge >= 0.3 is 0 Å². The first-order valence-electron chi connectivity index (χ1n) is 13.7. The second-order valence-corrected chi connectivity index (χ2v) is 11.9. The SMILES string of the molecule is CC(C)C1(N2CCOCC2)CCN(c2cc3c(cn2)C(=O)C2=C(Cc4cc(C#N)ccc42)C3(C)C)CC1. The summed E-state index contributed by atoms with van der Waals surface area (Å²) in [5.41, 5.74) is 6.39. The average molecular weight is 497 g/mol. The van der Waals surface area contributed by atoms with E-state index in [0.29, 0.717) is 17.0 Å². The van der Waals surface area contributed by atoms with Crippen molar-refractivity contribution < 1.29 is 9.53 Å². The molecule has 6 nitrogen and oxygen atoms in total. The van der Waals surface area contributed by atoms with Crippen molar-refractivity contribution in [1.82, 2.24) is 9.88 Å². The zero-order valence-corrected chi connectivity index (χ0v) is 22.4. The van der Waals surface area contributed by atoms with Gasteiger partial charge in [0.1, 0.15) is 5.82 Å². The van der Waals surface area contributed by atoms with Gasteiger partial charge in [-0.15, -0.1) is 0 Å². The third kappa shape index (κ3) is 3.66. The predicted octanol–water partition coefficient (Wildman–Crippen LogP) is 4.76. The van der Waals surface area contributed by atoms with Crippen LogP contribution in [0.5, 0.6) is 0 Å². The maximum absolute atomic E-state index is 13.7. The number of Topliss-reactive ketones (excluding diaryl/α,β-unsaturated/α-hetero) is 1. The largest absolute Gasteiger partial charge is 0.379 e. The lowest BCUT2D eigenvalue weighted by molar-refractivity contribution is -0.0522. The third-order valence-electron chi connectivity index (χ3n) is 9.63. The molecule has 0 saturated carbocycles. The van der Waals surface area contributed by atoms with Crippen molar-refractivity contribution in [3.05, 3.63) is 63.9 Å². The van der Waals surface area contributed by atoms with Crippen LogP contribution in [0.4, 0.5) is 5.82 Å². The molecule has 1 aromatic heterocycles. The average Bonchev–Trinajstić information content (AvgIpc) is 3.32. The van der Waals surface area contributed by atoms with Gasteiger partial charge in [0.15, 0.2) is 5.78 Å². The number of hydrogen-bond acceptors (Lipinski definition) is 6. The molecule has 0 spiro atoms. The highest BCUT2D eigenvalue weighted by atomic mass is 16.5. The van der Waals surface area contributed by atoms with Crippen LogP contribution in [0.25, 0.3) is 5.57 Å². The van der Waals surface area contributed by atoms with Crippen LogP contribution < -0.4 is 4.90 Å². The number of hydrogen-bond donors (Lipinski definition) is 0. The van der Waals surface area contributed by atoms with E-state index >= 15 is 0 Å². The second kappa shape index (κ2) is 8.79. The Kier molecular flexibility index (Phi) is 5.78. The molecule has 2 fully saturated rings. The maximum Gasteiger partial charge on any atom is 0.195 e. The summed E-state index contributed by atoms with van der Waals surface area (Å²) in [4.78, 5) is 23.7. The lowest BCUT2D eigenvalue weighted by Crippen LogP contribution is -2.61. The number of nitriles is 1. The van der Waals surface area contributed by atoms with Crippen LogP contribution in [0.1, 0.15) is 73.1 Å². The van der Waals surface area contributed by atoms with E-state index < -0.39 is 0 Å². The molecule has 2 aliphatic heterocycles. The first-order chi connectivity index (χ1) is 17.8. The Morgan fingerprint density at radius 2 is 1.78 bits per heavy atom. The minimum absolute atomic E-state index is 0.0663. The molecule has 6 heteroatoms. The van der Waals surface area contributed by atoms with Gasteiger partial charge in [0.05, 0.1) is 24.8 Å². The second-order valence-electron chi connectivity index (χ2n) is 11.9. The van der Waals surface area contributed by atoms with E-state index in [9.17, 15) is 10.1 Å². The Hall–Kier alpha value is -3.01. The van der Waals surface area contributed by atoms with Crippen LogP contribution in [0.15, 0.2) is 36.0 Å². The van der Waals surface area contributed by atoms with Gasteiger partial charge in [-0.1, -0.05) is 33.8 Å². The molecular weight excluding hydrogens is 460 g/mol.